The molecule has 0 unspecified atom stereocenters. The summed E-state index contributed by atoms with van der Waals surface area (Å²) in [5, 5.41) is 11.1. The first-order chi connectivity index (χ1) is 9.15. The van der Waals surface area contributed by atoms with Gasteiger partial charge >= 0.3 is 5.97 Å². The van der Waals surface area contributed by atoms with Crippen LogP contribution in [0.1, 0.15) is 17.3 Å². The Morgan fingerprint density at radius 3 is 2.79 bits per heavy atom. The van der Waals surface area contributed by atoms with E-state index in [0.717, 1.165) is 14.3 Å². The number of aromatic carboxylic acids is 1. The zero-order chi connectivity index (χ0) is 13.8. The number of benzene rings is 2. The number of carboxylic acids is 1. The molecule has 1 N–H and O–H groups in total. The third-order valence-electron chi connectivity index (χ3n) is 2.66. The van der Waals surface area contributed by atoms with Crippen LogP contribution in [0.25, 0.3) is 10.8 Å². The fourth-order valence-electron chi connectivity index (χ4n) is 1.77. The fourth-order valence-corrected chi connectivity index (χ4v) is 2.71. The number of halogens is 1. The van der Waals surface area contributed by atoms with Gasteiger partial charge < -0.3 is 14.6 Å². The number of ether oxygens (including phenoxy) is 2. The summed E-state index contributed by atoms with van der Waals surface area (Å²) in [6, 6.07) is 9.25. The van der Waals surface area contributed by atoms with Gasteiger partial charge in [0.05, 0.1) is 3.57 Å². The van der Waals surface area contributed by atoms with Crippen molar-refractivity contribution in [3.05, 3.63) is 39.5 Å². The van der Waals surface area contributed by atoms with Gasteiger partial charge in [0, 0.05) is 6.61 Å². The summed E-state index contributed by atoms with van der Waals surface area (Å²) < 4.78 is 11.4. The van der Waals surface area contributed by atoms with Gasteiger partial charge in [-0.05, 0) is 46.4 Å². The molecule has 2 aromatic rings. The highest BCUT2D eigenvalue weighted by Gasteiger charge is 2.17. The molecule has 0 radical (unpaired) electrons. The Morgan fingerprint density at radius 2 is 2.11 bits per heavy atom. The maximum absolute atomic E-state index is 11.3. The highest BCUT2D eigenvalue weighted by molar-refractivity contribution is 14.1. The molecule has 0 aromatic heterocycles. The van der Waals surface area contributed by atoms with Gasteiger partial charge in [-0.3, -0.25) is 0 Å². The van der Waals surface area contributed by atoms with Crippen LogP contribution >= 0.6 is 22.6 Å². The summed E-state index contributed by atoms with van der Waals surface area (Å²) in [5.74, 6) is -0.643. The topological polar surface area (TPSA) is 55.8 Å². The molecule has 4 nitrogen and oxygen atoms in total. The van der Waals surface area contributed by atoms with Crippen LogP contribution in [0.4, 0.5) is 0 Å². The van der Waals surface area contributed by atoms with Crippen molar-refractivity contribution in [1.82, 2.24) is 0 Å². The number of rotatable bonds is 5. The molecule has 2 aromatic carbocycles. The summed E-state index contributed by atoms with van der Waals surface area (Å²) in [6.45, 7) is 2.42. The Morgan fingerprint density at radius 1 is 1.37 bits per heavy atom. The van der Waals surface area contributed by atoms with Crippen molar-refractivity contribution in [2.75, 3.05) is 13.4 Å². The molecule has 0 amide bonds. The molecule has 2 rings (SSSR count). The van der Waals surface area contributed by atoms with Gasteiger partial charge in [0.15, 0.2) is 12.5 Å². The first-order valence-electron chi connectivity index (χ1n) is 5.80. The molecule has 0 heterocycles. The van der Waals surface area contributed by atoms with Crippen molar-refractivity contribution in [3.8, 4) is 5.75 Å². The van der Waals surface area contributed by atoms with Crippen LogP contribution in [-0.2, 0) is 4.74 Å². The van der Waals surface area contributed by atoms with E-state index in [4.69, 9.17) is 9.47 Å². The van der Waals surface area contributed by atoms with Crippen molar-refractivity contribution in [2.24, 2.45) is 0 Å². The van der Waals surface area contributed by atoms with Gasteiger partial charge in [0.2, 0.25) is 0 Å². The van der Waals surface area contributed by atoms with E-state index in [0.29, 0.717) is 12.4 Å². The molecule has 0 spiro atoms. The maximum Gasteiger partial charge on any atom is 0.339 e. The second-order valence-corrected chi connectivity index (χ2v) is 4.93. The molecule has 19 heavy (non-hydrogen) atoms. The molecule has 0 aliphatic heterocycles. The summed E-state index contributed by atoms with van der Waals surface area (Å²) in [5.41, 5.74) is 0.155. The lowest BCUT2D eigenvalue weighted by Gasteiger charge is -2.13. The lowest BCUT2D eigenvalue weighted by atomic mass is 10.1. The Kier molecular flexibility index (Phi) is 4.60. The van der Waals surface area contributed by atoms with E-state index in [-0.39, 0.29) is 12.4 Å². The monoisotopic (exact) mass is 372 g/mol. The van der Waals surface area contributed by atoms with Gasteiger partial charge in [0.1, 0.15) is 5.56 Å². The number of carbonyl (C=O) groups is 1. The Hall–Kier alpha value is -1.34. The lowest BCUT2D eigenvalue weighted by Crippen LogP contribution is -2.08. The standard InChI is InChI=1S/C14H13IO4/c1-2-18-8-19-13-11(14(16)17)7-9-5-3-4-6-10(9)12(13)15/h3-7H,2,8H2,1H3,(H,16,17). The molecular weight excluding hydrogens is 359 g/mol. The summed E-state index contributed by atoms with van der Waals surface area (Å²) >= 11 is 2.11. The van der Waals surface area contributed by atoms with E-state index in [2.05, 4.69) is 22.6 Å². The van der Waals surface area contributed by atoms with Gasteiger partial charge in [-0.25, -0.2) is 4.79 Å². The molecule has 0 fully saturated rings. The van der Waals surface area contributed by atoms with Crippen LogP contribution in [0.5, 0.6) is 5.75 Å². The quantitative estimate of drug-likeness (QED) is 0.496. The van der Waals surface area contributed by atoms with Crippen LogP contribution in [0.2, 0.25) is 0 Å². The predicted octanol–water partition coefficient (Wildman–Crippen LogP) is 3.52. The molecule has 0 aliphatic carbocycles. The van der Waals surface area contributed by atoms with Crippen LogP contribution in [-0.4, -0.2) is 24.5 Å². The second kappa shape index (κ2) is 6.21. The average Bonchev–Trinajstić information content (AvgIpc) is 2.41. The summed E-state index contributed by atoms with van der Waals surface area (Å²) in [6.07, 6.45) is 0. The lowest BCUT2D eigenvalue weighted by molar-refractivity contribution is 0.0209. The number of carboxylic acid groups (broad SMARTS) is 1. The highest BCUT2D eigenvalue weighted by atomic mass is 127. The number of fused-ring (bicyclic) bond motifs is 1. The third-order valence-corrected chi connectivity index (χ3v) is 3.73. The zero-order valence-corrected chi connectivity index (χ0v) is 12.5. The first kappa shape index (κ1) is 14.1. The smallest absolute Gasteiger partial charge is 0.339 e. The van der Waals surface area contributed by atoms with Crippen molar-refractivity contribution >= 4 is 39.3 Å². The molecular formula is C14H13IO4. The van der Waals surface area contributed by atoms with Gasteiger partial charge in [-0.1, -0.05) is 24.3 Å². The largest absolute Gasteiger partial charge is 0.478 e. The van der Waals surface area contributed by atoms with E-state index in [9.17, 15) is 9.90 Å². The Labute approximate surface area is 124 Å². The molecule has 0 atom stereocenters. The highest BCUT2D eigenvalue weighted by Crippen LogP contribution is 2.33. The number of hydrogen-bond acceptors (Lipinski definition) is 3. The van der Waals surface area contributed by atoms with Gasteiger partial charge in [-0.15, -0.1) is 0 Å². The normalized spacial score (nSPS) is 10.6. The Bertz CT molecular complexity index is 610. The molecule has 0 aliphatic rings. The van der Waals surface area contributed by atoms with Crippen molar-refractivity contribution in [2.45, 2.75) is 6.92 Å². The molecule has 5 heteroatoms. The van der Waals surface area contributed by atoms with Crippen LogP contribution in [0, 0.1) is 3.57 Å². The van der Waals surface area contributed by atoms with Crippen LogP contribution < -0.4 is 4.74 Å². The molecule has 0 saturated heterocycles. The van der Waals surface area contributed by atoms with Crippen molar-refractivity contribution in [3.63, 3.8) is 0 Å². The van der Waals surface area contributed by atoms with E-state index in [1.54, 1.807) is 6.07 Å². The van der Waals surface area contributed by atoms with Gasteiger partial charge in [0.25, 0.3) is 0 Å². The average molecular weight is 372 g/mol. The molecule has 0 bridgehead atoms. The minimum Gasteiger partial charge on any atom is -0.478 e. The SMILES string of the molecule is CCOCOc1c(C(=O)O)cc2ccccc2c1I. The number of hydrogen-bond donors (Lipinski definition) is 1. The third kappa shape index (κ3) is 2.98. The van der Waals surface area contributed by atoms with E-state index in [1.807, 2.05) is 31.2 Å². The van der Waals surface area contributed by atoms with Crippen molar-refractivity contribution in [1.29, 1.82) is 0 Å². The first-order valence-corrected chi connectivity index (χ1v) is 6.88. The second-order valence-electron chi connectivity index (χ2n) is 3.85. The molecule has 0 saturated carbocycles. The van der Waals surface area contributed by atoms with Crippen LogP contribution in [0.3, 0.4) is 0 Å². The zero-order valence-electron chi connectivity index (χ0n) is 10.4. The summed E-state index contributed by atoms with van der Waals surface area (Å²) in [7, 11) is 0. The van der Waals surface area contributed by atoms with Gasteiger partial charge in [-0.2, -0.15) is 0 Å². The molecule has 100 valence electrons. The van der Waals surface area contributed by atoms with E-state index in [1.165, 1.54) is 0 Å². The predicted molar refractivity (Wildman–Crippen MR) is 80.7 cm³/mol. The minimum atomic E-state index is -1.00. The Balaban J connectivity index is 2.54. The van der Waals surface area contributed by atoms with E-state index < -0.39 is 5.97 Å². The van der Waals surface area contributed by atoms with Crippen LogP contribution in [0.15, 0.2) is 30.3 Å². The fraction of sp³-hybridized carbons (Fsp3) is 0.214. The summed E-state index contributed by atoms with van der Waals surface area (Å²) in [4.78, 5) is 11.3. The van der Waals surface area contributed by atoms with E-state index >= 15 is 0 Å². The maximum atomic E-state index is 11.3. The van der Waals surface area contributed by atoms with Crippen molar-refractivity contribution < 1.29 is 19.4 Å². The minimum absolute atomic E-state index is 0.0467.